The number of benzene rings is 2. The highest BCUT2D eigenvalue weighted by molar-refractivity contribution is 5.76. The summed E-state index contributed by atoms with van der Waals surface area (Å²) in [4.78, 5) is 0. The highest BCUT2D eigenvalue weighted by Gasteiger charge is 2.12. The number of nitrogen functional groups attached to an aromatic ring is 1. The van der Waals surface area contributed by atoms with E-state index in [9.17, 15) is 13.2 Å². The maximum Gasteiger partial charge on any atom is 0.160 e. The Kier molecular flexibility index (Phi) is 2.56. The lowest BCUT2D eigenvalue weighted by Gasteiger charge is -2.07. The number of hydrogen-bond donors (Lipinski definition) is 1. The zero-order valence-electron chi connectivity index (χ0n) is 8.18. The molecular weight excluding hydrogens is 215 g/mol. The summed E-state index contributed by atoms with van der Waals surface area (Å²) in [6, 6.07) is 7.53. The molecule has 0 amide bonds. The predicted octanol–water partition coefficient (Wildman–Crippen LogP) is 3.35. The van der Waals surface area contributed by atoms with Crippen LogP contribution in [0.3, 0.4) is 0 Å². The molecule has 0 aliphatic rings. The fraction of sp³-hybridized carbons (Fsp3) is 0. The van der Waals surface area contributed by atoms with Gasteiger partial charge in [0.25, 0.3) is 0 Å². The second-order valence-electron chi connectivity index (χ2n) is 3.33. The van der Waals surface area contributed by atoms with Gasteiger partial charge in [0.2, 0.25) is 0 Å². The van der Waals surface area contributed by atoms with E-state index in [0.29, 0.717) is 0 Å². The first-order chi connectivity index (χ1) is 7.59. The minimum Gasteiger partial charge on any atom is -0.398 e. The number of halogens is 3. The minimum atomic E-state index is -1.05. The molecule has 1 nitrogen and oxygen atoms in total. The summed E-state index contributed by atoms with van der Waals surface area (Å²) >= 11 is 0. The lowest BCUT2D eigenvalue weighted by molar-refractivity contribution is 0.509. The van der Waals surface area contributed by atoms with Gasteiger partial charge < -0.3 is 5.73 Å². The van der Waals surface area contributed by atoms with Crippen LogP contribution in [0.2, 0.25) is 0 Å². The highest BCUT2D eigenvalue weighted by Crippen LogP contribution is 2.29. The van der Waals surface area contributed by atoms with Crippen LogP contribution in [0.25, 0.3) is 11.1 Å². The van der Waals surface area contributed by atoms with Crippen molar-refractivity contribution in [1.82, 2.24) is 0 Å². The summed E-state index contributed by atoms with van der Waals surface area (Å²) in [6.07, 6.45) is 0. The van der Waals surface area contributed by atoms with Gasteiger partial charge in [0.15, 0.2) is 11.6 Å². The quantitative estimate of drug-likeness (QED) is 0.737. The topological polar surface area (TPSA) is 26.0 Å². The van der Waals surface area contributed by atoms with Gasteiger partial charge in [-0.1, -0.05) is 18.2 Å². The molecule has 0 unspecified atom stereocenters. The fourth-order valence-electron chi connectivity index (χ4n) is 1.48. The second-order valence-corrected chi connectivity index (χ2v) is 3.33. The first-order valence-corrected chi connectivity index (χ1v) is 4.59. The van der Waals surface area contributed by atoms with Crippen LogP contribution in [-0.4, -0.2) is 0 Å². The van der Waals surface area contributed by atoms with Crippen LogP contribution in [-0.2, 0) is 0 Å². The second kappa shape index (κ2) is 3.89. The molecule has 0 heterocycles. The summed E-state index contributed by atoms with van der Waals surface area (Å²) in [5, 5.41) is 0. The SMILES string of the molecule is Nc1cc(F)c(F)cc1-c1ccccc1F. The zero-order chi connectivity index (χ0) is 11.7. The van der Waals surface area contributed by atoms with Gasteiger partial charge in [0, 0.05) is 22.9 Å². The molecule has 0 atom stereocenters. The summed E-state index contributed by atoms with van der Waals surface area (Å²) in [7, 11) is 0. The van der Waals surface area contributed by atoms with Crippen molar-refractivity contribution in [2.45, 2.75) is 0 Å². The van der Waals surface area contributed by atoms with Crippen molar-refractivity contribution < 1.29 is 13.2 Å². The summed E-state index contributed by atoms with van der Waals surface area (Å²) < 4.78 is 39.3. The number of rotatable bonds is 1. The maximum atomic E-state index is 13.4. The average Bonchev–Trinajstić information content (AvgIpc) is 2.25. The Morgan fingerprint density at radius 2 is 1.38 bits per heavy atom. The molecule has 0 saturated carbocycles. The monoisotopic (exact) mass is 223 g/mol. The van der Waals surface area contributed by atoms with E-state index in [1.165, 1.54) is 18.2 Å². The van der Waals surface area contributed by atoms with Gasteiger partial charge >= 0.3 is 0 Å². The summed E-state index contributed by atoms with van der Waals surface area (Å²) in [5.74, 6) is -2.62. The smallest absolute Gasteiger partial charge is 0.160 e. The Hall–Kier alpha value is -1.97. The third-order valence-corrected chi connectivity index (χ3v) is 2.26. The molecular formula is C12H8F3N. The van der Waals surface area contributed by atoms with Crippen molar-refractivity contribution in [3.05, 3.63) is 53.8 Å². The molecule has 0 aliphatic heterocycles. The molecule has 0 fully saturated rings. The first-order valence-electron chi connectivity index (χ1n) is 4.59. The van der Waals surface area contributed by atoms with Crippen LogP contribution in [0.15, 0.2) is 36.4 Å². The third-order valence-electron chi connectivity index (χ3n) is 2.26. The summed E-state index contributed by atoms with van der Waals surface area (Å²) in [6.45, 7) is 0. The number of nitrogens with two attached hydrogens (primary N) is 1. The van der Waals surface area contributed by atoms with E-state index in [1.54, 1.807) is 6.07 Å². The molecule has 82 valence electrons. The van der Waals surface area contributed by atoms with Crippen LogP contribution in [0.5, 0.6) is 0 Å². The molecule has 0 aliphatic carbocycles. The molecule has 2 aromatic rings. The van der Waals surface area contributed by atoms with Crippen molar-refractivity contribution in [2.75, 3.05) is 5.73 Å². The molecule has 2 aromatic carbocycles. The fourth-order valence-corrected chi connectivity index (χ4v) is 1.48. The Balaban J connectivity index is 2.65. The van der Waals surface area contributed by atoms with E-state index in [4.69, 9.17) is 5.73 Å². The van der Waals surface area contributed by atoms with E-state index in [2.05, 4.69) is 0 Å². The molecule has 4 heteroatoms. The van der Waals surface area contributed by atoms with Gasteiger partial charge in [0.1, 0.15) is 5.82 Å². The molecule has 2 N–H and O–H groups in total. The minimum absolute atomic E-state index is 0.00370. The van der Waals surface area contributed by atoms with Gasteiger partial charge in [0.05, 0.1) is 0 Å². The van der Waals surface area contributed by atoms with Crippen LogP contribution in [0, 0.1) is 17.5 Å². The predicted molar refractivity (Wildman–Crippen MR) is 56.2 cm³/mol. The zero-order valence-corrected chi connectivity index (χ0v) is 8.18. The van der Waals surface area contributed by atoms with E-state index in [1.807, 2.05) is 0 Å². The average molecular weight is 223 g/mol. The standard InChI is InChI=1S/C12H8F3N/c13-9-4-2-1-3-7(9)8-5-10(14)11(15)6-12(8)16/h1-6H,16H2. The highest BCUT2D eigenvalue weighted by atomic mass is 19.2. The van der Waals surface area contributed by atoms with Gasteiger partial charge in [-0.2, -0.15) is 0 Å². The van der Waals surface area contributed by atoms with Gasteiger partial charge in [-0.3, -0.25) is 0 Å². The first kappa shape index (κ1) is 10.5. The van der Waals surface area contributed by atoms with E-state index in [-0.39, 0.29) is 16.8 Å². The molecule has 0 spiro atoms. The Morgan fingerprint density at radius 3 is 2.06 bits per heavy atom. The van der Waals surface area contributed by atoms with Crippen molar-refractivity contribution >= 4 is 5.69 Å². The van der Waals surface area contributed by atoms with E-state index in [0.717, 1.165) is 12.1 Å². The van der Waals surface area contributed by atoms with Crippen LogP contribution in [0.1, 0.15) is 0 Å². The Labute approximate surface area is 90.3 Å². The lowest BCUT2D eigenvalue weighted by atomic mass is 10.0. The number of hydrogen-bond acceptors (Lipinski definition) is 1. The number of anilines is 1. The van der Waals surface area contributed by atoms with Crippen molar-refractivity contribution in [3.8, 4) is 11.1 Å². The van der Waals surface area contributed by atoms with Crippen LogP contribution in [0.4, 0.5) is 18.9 Å². The van der Waals surface area contributed by atoms with Crippen molar-refractivity contribution in [2.24, 2.45) is 0 Å². The molecule has 0 bridgehead atoms. The third kappa shape index (κ3) is 1.74. The van der Waals surface area contributed by atoms with Crippen LogP contribution >= 0.6 is 0 Å². The largest absolute Gasteiger partial charge is 0.398 e. The molecule has 2 rings (SSSR count). The van der Waals surface area contributed by atoms with Crippen LogP contribution < -0.4 is 5.73 Å². The molecule has 0 radical (unpaired) electrons. The van der Waals surface area contributed by atoms with Gasteiger partial charge in [-0.15, -0.1) is 0 Å². The van der Waals surface area contributed by atoms with E-state index < -0.39 is 17.5 Å². The molecule has 16 heavy (non-hydrogen) atoms. The summed E-state index contributed by atoms with van der Waals surface area (Å²) in [5.41, 5.74) is 5.82. The molecule has 0 saturated heterocycles. The van der Waals surface area contributed by atoms with Gasteiger partial charge in [-0.25, -0.2) is 13.2 Å². The van der Waals surface area contributed by atoms with Crippen molar-refractivity contribution in [3.63, 3.8) is 0 Å². The van der Waals surface area contributed by atoms with E-state index >= 15 is 0 Å². The Morgan fingerprint density at radius 1 is 0.750 bits per heavy atom. The Bertz CT molecular complexity index is 538. The van der Waals surface area contributed by atoms with Gasteiger partial charge in [-0.05, 0) is 12.1 Å². The molecule has 0 aromatic heterocycles. The van der Waals surface area contributed by atoms with Crippen molar-refractivity contribution in [1.29, 1.82) is 0 Å². The lowest BCUT2D eigenvalue weighted by Crippen LogP contribution is -1.96. The maximum absolute atomic E-state index is 13.4. The normalized spacial score (nSPS) is 10.4.